The van der Waals surface area contributed by atoms with Crippen LogP contribution in [0.5, 0.6) is 5.88 Å². The van der Waals surface area contributed by atoms with E-state index in [1.54, 1.807) is 7.05 Å². The first-order valence-electron chi connectivity index (χ1n) is 4.68. The largest absolute Gasteiger partial charge is 0.476 e. The van der Waals surface area contributed by atoms with Crippen LogP contribution in [0.2, 0.25) is 0 Å². The number of pyridine rings is 1. The molecule has 0 saturated heterocycles. The predicted octanol–water partition coefficient (Wildman–Crippen LogP) is 0.794. The zero-order valence-corrected chi connectivity index (χ0v) is 9.19. The Bertz CT molecular complexity index is 566. The lowest BCUT2D eigenvalue weighted by atomic mass is 10.3. The number of nitro groups is 1. The Morgan fingerprint density at radius 2 is 2.18 bits per heavy atom. The molecule has 0 N–H and O–H groups in total. The van der Waals surface area contributed by atoms with Crippen LogP contribution in [0.1, 0.15) is 0 Å². The lowest BCUT2D eigenvalue weighted by Gasteiger charge is -2.01. The van der Waals surface area contributed by atoms with Gasteiger partial charge in [-0.15, -0.1) is 0 Å². The maximum Gasteiger partial charge on any atom is 0.330 e. The fourth-order valence-corrected chi connectivity index (χ4v) is 1.33. The highest BCUT2D eigenvalue weighted by Crippen LogP contribution is 2.27. The third kappa shape index (κ3) is 2.05. The molecule has 2 aromatic heterocycles. The summed E-state index contributed by atoms with van der Waals surface area (Å²) in [5, 5.41) is 18.6. The molecular formula is C9H9N5O3. The Morgan fingerprint density at radius 1 is 1.41 bits per heavy atom. The molecule has 0 aliphatic carbocycles. The van der Waals surface area contributed by atoms with Gasteiger partial charge in [-0.1, -0.05) is 0 Å². The van der Waals surface area contributed by atoms with E-state index in [1.807, 2.05) is 0 Å². The van der Waals surface area contributed by atoms with Crippen molar-refractivity contribution in [2.24, 2.45) is 7.05 Å². The predicted molar refractivity (Wildman–Crippen MR) is 57.4 cm³/mol. The molecule has 0 amide bonds. The van der Waals surface area contributed by atoms with Gasteiger partial charge in [0.2, 0.25) is 0 Å². The molecule has 88 valence electrons. The monoisotopic (exact) mass is 235 g/mol. The molecule has 0 saturated carbocycles. The van der Waals surface area contributed by atoms with Gasteiger partial charge < -0.3 is 4.74 Å². The van der Waals surface area contributed by atoms with Crippen LogP contribution in [-0.2, 0) is 7.05 Å². The molecule has 0 aliphatic heterocycles. The summed E-state index contributed by atoms with van der Waals surface area (Å²) in [4.78, 5) is 15.5. The third-order valence-corrected chi connectivity index (χ3v) is 2.09. The maximum atomic E-state index is 10.7. The second-order valence-electron chi connectivity index (χ2n) is 3.20. The average molecular weight is 235 g/mol. The van der Waals surface area contributed by atoms with Gasteiger partial charge in [-0.05, 0) is 6.07 Å². The number of hydrogen-bond donors (Lipinski definition) is 0. The van der Waals surface area contributed by atoms with E-state index in [9.17, 15) is 10.1 Å². The number of hydrogen-bond acceptors (Lipinski definition) is 6. The summed E-state index contributed by atoms with van der Waals surface area (Å²) in [7, 11) is 3.00. The molecule has 0 unspecified atom stereocenters. The fourth-order valence-electron chi connectivity index (χ4n) is 1.33. The number of ether oxygens (including phenoxy) is 1. The van der Waals surface area contributed by atoms with Gasteiger partial charge in [-0.2, -0.15) is 15.0 Å². The summed E-state index contributed by atoms with van der Waals surface area (Å²) >= 11 is 0. The highest BCUT2D eigenvalue weighted by Gasteiger charge is 2.18. The Balaban J connectivity index is 2.48. The second-order valence-corrected chi connectivity index (χ2v) is 3.20. The van der Waals surface area contributed by atoms with E-state index in [4.69, 9.17) is 4.74 Å². The lowest BCUT2D eigenvalue weighted by molar-refractivity contribution is -0.386. The molecule has 8 heteroatoms. The van der Waals surface area contributed by atoms with Crippen LogP contribution in [0.15, 0.2) is 18.3 Å². The molecule has 0 radical (unpaired) electrons. The number of aryl methyl sites for hydroxylation is 1. The molecular weight excluding hydrogens is 226 g/mol. The highest BCUT2D eigenvalue weighted by molar-refractivity contribution is 5.57. The second kappa shape index (κ2) is 4.16. The summed E-state index contributed by atoms with van der Waals surface area (Å²) in [5.41, 5.74) is 0.821. The summed E-state index contributed by atoms with van der Waals surface area (Å²) in [6, 6.07) is 2.83. The zero-order chi connectivity index (χ0) is 12.4. The fraction of sp³-hybridized carbons (Fsp3) is 0.222. The minimum Gasteiger partial charge on any atom is -0.476 e. The minimum atomic E-state index is -0.549. The van der Waals surface area contributed by atoms with Crippen molar-refractivity contribution in [2.75, 3.05) is 7.11 Å². The van der Waals surface area contributed by atoms with E-state index in [-0.39, 0.29) is 11.6 Å². The smallest absolute Gasteiger partial charge is 0.330 e. The SMILES string of the molecule is COc1nc(-c2cnn(C)n2)ccc1[N+](=O)[O-]. The number of aromatic nitrogens is 4. The molecule has 0 bridgehead atoms. The molecule has 2 rings (SSSR count). The van der Waals surface area contributed by atoms with Crippen LogP contribution in [0, 0.1) is 10.1 Å². The van der Waals surface area contributed by atoms with E-state index in [1.165, 1.54) is 30.2 Å². The first-order chi connectivity index (χ1) is 8.11. The van der Waals surface area contributed by atoms with Crippen molar-refractivity contribution in [1.29, 1.82) is 0 Å². The van der Waals surface area contributed by atoms with Crippen LogP contribution in [0.4, 0.5) is 5.69 Å². The molecule has 8 nitrogen and oxygen atoms in total. The van der Waals surface area contributed by atoms with E-state index < -0.39 is 4.92 Å². The standard InChI is InChI=1S/C9H9N5O3/c1-13-10-5-7(12-13)6-3-4-8(14(15)16)9(11-6)17-2/h3-5H,1-2H3. The summed E-state index contributed by atoms with van der Waals surface area (Å²) in [6.07, 6.45) is 1.52. The maximum absolute atomic E-state index is 10.7. The summed E-state index contributed by atoms with van der Waals surface area (Å²) in [6.45, 7) is 0. The van der Waals surface area contributed by atoms with E-state index in [2.05, 4.69) is 15.2 Å². The molecule has 17 heavy (non-hydrogen) atoms. The number of methoxy groups -OCH3 is 1. The van der Waals surface area contributed by atoms with Crippen molar-refractivity contribution in [3.63, 3.8) is 0 Å². The highest BCUT2D eigenvalue weighted by atomic mass is 16.6. The summed E-state index contributed by atoms with van der Waals surface area (Å²) < 4.78 is 4.87. The Morgan fingerprint density at radius 3 is 2.71 bits per heavy atom. The molecule has 0 spiro atoms. The number of rotatable bonds is 3. The van der Waals surface area contributed by atoms with Gasteiger partial charge in [0.05, 0.1) is 23.9 Å². The molecule has 0 aliphatic rings. The minimum absolute atomic E-state index is 0.0434. The number of nitrogens with zero attached hydrogens (tertiary/aromatic N) is 5. The van der Waals surface area contributed by atoms with Crippen molar-refractivity contribution >= 4 is 5.69 Å². The van der Waals surface area contributed by atoms with Gasteiger partial charge in [-0.25, -0.2) is 4.98 Å². The third-order valence-electron chi connectivity index (χ3n) is 2.09. The first-order valence-corrected chi connectivity index (χ1v) is 4.68. The lowest BCUT2D eigenvalue weighted by Crippen LogP contribution is -1.98. The zero-order valence-electron chi connectivity index (χ0n) is 9.19. The molecule has 0 fully saturated rings. The van der Waals surface area contributed by atoms with Gasteiger partial charge in [0.1, 0.15) is 5.69 Å². The van der Waals surface area contributed by atoms with Crippen LogP contribution in [-0.4, -0.2) is 32.0 Å². The van der Waals surface area contributed by atoms with Gasteiger partial charge >= 0.3 is 5.69 Å². The Hall–Kier alpha value is -2.51. The van der Waals surface area contributed by atoms with Crippen molar-refractivity contribution in [3.05, 3.63) is 28.4 Å². The van der Waals surface area contributed by atoms with E-state index in [0.29, 0.717) is 11.4 Å². The molecule has 0 aromatic carbocycles. The average Bonchev–Trinajstić information content (AvgIpc) is 2.75. The van der Waals surface area contributed by atoms with Gasteiger partial charge in [-0.3, -0.25) is 10.1 Å². The molecule has 2 aromatic rings. The normalized spacial score (nSPS) is 10.2. The van der Waals surface area contributed by atoms with Gasteiger partial charge in [0, 0.05) is 13.1 Å². The van der Waals surface area contributed by atoms with Gasteiger partial charge in [0.15, 0.2) is 0 Å². The molecule has 2 heterocycles. The summed E-state index contributed by atoms with van der Waals surface area (Å²) in [5.74, 6) is -0.0434. The van der Waals surface area contributed by atoms with Crippen molar-refractivity contribution in [2.45, 2.75) is 0 Å². The van der Waals surface area contributed by atoms with Crippen molar-refractivity contribution in [3.8, 4) is 17.3 Å². The quantitative estimate of drug-likeness (QED) is 0.576. The van der Waals surface area contributed by atoms with E-state index >= 15 is 0 Å². The van der Waals surface area contributed by atoms with Crippen molar-refractivity contribution < 1.29 is 9.66 Å². The van der Waals surface area contributed by atoms with Gasteiger partial charge in [0.25, 0.3) is 5.88 Å². The first kappa shape index (κ1) is 11.0. The topological polar surface area (TPSA) is 96.0 Å². The Kier molecular flexibility index (Phi) is 2.69. The van der Waals surface area contributed by atoms with Crippen LogP contribution >= 0.6 is 0 Å². The van der Waals surface area contributed by atoms with Crippen LogP contribution < -0.4 is 4.74 Å². The van der Waals surface area contributed by atoms with Crippen molar-refractivity contribution in [1.82, 2.24) is 20.0 Å². The van der Waals surface area contributed by atoms with E-state index in [0.717, 1.165) is 0 Å². The molecule has 0 atom stereocenters. The van der Waals surface area contributed by atoms with Crippen LogP contribution in [0.25, 0.3) is 11.4 Å². The van der Waals surface area contributed by atoms with Crippen LogP contribution in [0.3, 0.4) is 0 Å². The Labute approximate surface area is 96.0 Å².